The summed E-state index contributed by atoms with van der Waals surface area (Å²) >= 11 is 0. The van der Waals surface area contributed by atoms with E-state index in [1.807, 2.05) is 13.8 Å². The predicted molar refractivity (Wildman–Crippen MR) is 53.0 cm³/mol. The standard InChI is InChI=1S/C10H14N2/c1-7-4-8(2)10(12-6-11)9(3)5-7/h4-6H,1-3H3,(H2,11,12). The number of hydrogen-bond acceptors (Lipinski definition) is 1. The van der Waals surface area contributed by atoms with Gasteiger partial charge in [0.2, 0.25) is 0 Å². The van der Waals surface area contributed by atoms with Crippen LogP contribution in [0.4, 0.5) is 5.69 Å². The first-order valence-corrected chi connectivity index (χ1v) is 3.97. The largest absolute Gasteiger partial charge is 0.390 e. The van der Waals surface area contributed by atoms with Gasteiger partial charge in [0.15, 0.2) is 0 Å². The van der Waals surface area contributed by atoms with Crippen LogP contribution in [0, 0.1) is 20.8 Å². The van der Waals surface area contributed by atoms with Gasteiger partial charge in [0, 0.05) is 0 Å². The number of aryl methyl sites for hydroxylation is 3. The van der Waals surface area contributed by atoms with E-state index in [2.05, 4.69) is 24.0 Å². The number of benzene rings is 1. The van der Waals surface area contributed by atoms with Crippen molar-refractivity contribution in [3.8, 4) is 0 Å². The summed E-state index contributed by atoms with van der Waals surface area (Å²) in [5.74, 6) is 0. The monoisotopic (exact) mass is 162 g/mol. The summed E-state index contributed by atoms with van der Waals surface area (Å²) in [6.45, 7) is 6.17. The number of rotatable bonds is 1. The maximum absolute atomic E-state index is 5.24. The molecule has 0 aromatic heterocycles. The molecule has 0 saturated heterocycles. The average molecular weight is 162 g/mol. The Kier molecular flexibility index (Phi) is 2.48. The molecule has 0 radical (unpaired) electrons. The Balaban J connectivity index is 3.28. The fourth-order valence-electron chi connectivity index (χ4n) is 1.45. The second kappa shape index (κ2) is 3.39. The lowest BCUT2D eigenvalue weighted by molar-refractivity contribution is 1.29. The van der Waals surface area contributed by atoms with Gasteiger partial charge in [-0.25, -0.2) is 4.99 Å². The van der Waals surface area contributed by atoms with Crippen LogP contribution < -0.4 is 5.73 Å². The highest BCUT2D eigenvalue weighted by atomic mass is 14.8. The van der Waals surface area contributed by atoms with Crippen LogP contribution in [-0.2, 0) is 0 Å². The Morgan fingerprint density at radius 1 is 1.17 bits per heavy atom. The van der Waals surface area contributed by atoms with Crippen LogP contribution in [0.25, 0.3) is 0 Å². The number of nitrogens with two attached hydrogens (primary N) is 1. The molecule has 2 N–H and O–H groups in total. The van der Waals surface area contributed by atoms with Crippen molar-refractivity contribution in [3.63, 3.8) is 0 Å². The molecule has 2 nitrogen and oxygen atoms in total. The first-order chi connectivity index (χ1) is 5.65. The fraction of sp³-hybridized carbons (Fsp3) is 0.300. The maximum atomic E-state index is 5.24. The minimum Gasteiger partial charge on any atom is -0.390 e. The average Bonchev–Trinajstić information content (AvgIpc) is 1.96. The van der Waals surface area contributed by atoms with E-state index in [0.29, 0.717) is 0 Å². The van der Waals surface area contributed by atoms with E-state index < -0.39 is 0 Å². The third-order valence-electron chi connectivity index (χ3n) is 1.84. The van der Waals surface area contributed by atoms with Gasteiger partial charge in [-0.1, -0.05) is 17.7 Å². The lowest BCUT2D eigenvalue weighted by Gasteiger charge is -2.05. The molecular formula is C10H14N2. The molecule has 0 aliphatic rings. The minimum atomic E-state index is 0.989. The quantitative estimate of drug-likeness (QED) is 0.499. The van der Waals surface area contributed by atoms with Crippen molar-refractivity contribution in [1.82, 2.24) is 0 Å². The van der Waals surface area contributed by atoms with Crippen molar-refractivity contribution in [1.29, 1.82) is 0 Å². The molecule has 1 rings (SSSR count). The summed E-state index contributed by atoms with van der Waals surface area (Å²) in [6.07, 6.45) is 1.34. The van der Waals surface area contributed by atoms with Crippen LogP contribution in [0.1, 0.15) is 16.7 Å². The third kappa shape index (κ3) is 1.64. The molecule has 64 valence electrons. The van der Waals surface area contributed by atoms with Crippen molar-refractivity contribution >= 4 is 12.0 Å². The summed E-state index contributed by atoms with van der Waals surface area (Å²) in [5, 5.41) is 0. The fourth-order valence-corrected chi connectivity index (χ4v) is 1.45. The van der Waals surface area contributed by atoms with Crippen LogP contribution in [0.15, 0.2) is 17.1 Å². The Hall–Kier alpha value is -1.31. The third-order valence-corrected chi connectivity index (χ3v) is 1.84. The lowest BCUT2D eigenvalue weighted by Crippen LogP contribution is -1.89. The Morgan fingerprint density at radius 2 is 1.67 bits per heavy atom. The van der Waals surface area contributed by atoms with Gasteiger partial charge in [0.1, 0.15) is 0 Å². The highest BCUT2D eigenvalue weighted by molar-refractivity contribution is 5.64. The molecule has 1 aromatic rings. The van der Waals surface area contributed by atoms with E-state index in [0.717, 1.165) is 5.69 Å². The second-order valence-corrected chi connectivity index (χ2v) is 3.03. The summed E-state index contributed by atoms with van der Waals surface area (Å²) < 4.78 is 0. The summed E-state index contributed by atoms with van der Waals surface area (Å²) in [4.78, 5) is 4.10. The van der Waals surface area contributed by atoms with E-state index in [9.17, 15) is 0 Å². The van der Waals surface area contributed by atoms with Crippen LogP contribution >= 0.6 is 0 Å². The van der Waals surface area contributed by atoms with E-state index in [-0.39, 0.29) is 0 Å². The topological polar surface area (TPSA) is 38.4 Å². The lowest BCUT2D eigenvalue weighted by atomic mass is 10.1. The van der Waals surface area contributed by atoms with Crippen LogP contribution in [-0.4, -0.2) is 6.34 Å². The minimum absolute atomic E-state index is 0.989. The number of nitrogens with zero attached hydrogens (tertiary/aromatic N) is 1. The van der Waals surface area contributed by atoms with Gasteiger partial charge in [0.25, 0.3) is 0 Å². The van der Waals surface area contributed by atoms with E-state index in [4.69, 9.17) is 5.73 Å². The van der Waals surface area contributed by atoms with Crippen molar-refractivity contribution in [2.75, 3.05) is 0 Å². The van der Waals surface area contributed by atoms with Crippen molar-refractivity contribution in [2.45, 2.75) is 20.8 Å². The zero-order valence-electron chi connectivity index (χ0n) is 7.76. The molecule has 2 heteroatoms. The van der Waals surface area contributed by atoms with Crippen LogP contribution in [0.5, 0.6) is 0 Å². The van der Waals surface area contributed by atoms with E-state index in [1.54, 1.807) is 0 Å². The molecule has 0 heterocycles. The zero-order valence-corrected chi connectivity index (χ0v) is 7.76. The highest BCUT2D eigenvalue weighted by Crippen LogP contribution is 2.24. The molecule has 1 aromatic carbocycles. The Morgan fingerprint density at radius 3 is 2.08 bits per heavy atom. The smallest absolute Gasteiger partial charge is 0.0860 e. The SMILES string of the molecule is Cc1cc(C)c(N=CN)c(C)c1. The van der Waals surface area contributed by atoms with Gasteiger partial charge < -0.3 is 5.73 Å². The van der Waals surface area contributed by atoms with Crippen molar-refractivity contribution in [3.05, 3.63) is 28.8 Å². The second-order valence-electron chi connectivity index (χ2n) is 3.03. The Labute approximate surface area is 73.1 Å². The summed E-state index contributed by atoms with van der Waals surface area (Å²) in [7, 11) is 0. The molecule has 0 aliphatic heterocycles. The van der Waals surface area contributed by atoms with Crippen molar-refractivity contribution in [2.24, 2.45) is 10.7 Å². The number of aliphatic imine (C=N–C) groups is 1. The van der Waals surface area contributed by atoms with Gasteiger partial charge in [0.05, 0.1) is 12.0 Å². The van der Waals surface area contributed by atoms with Gasteiger partial charge in [-0.2, -0.15) is 0 Å². The first-order valence-electron chi connectivity index (χ1n) is 3.97. The van der Waals surface area contributed by atoms with Gasteiger partial charge in [-0.3, -0.25) is 0 Å². The highest BCUT2D eigenvalue weighted by Gasteiger charge is 2.00. The molecule has 0 bridgehead atoms. The molecular weight excluding hydrogens is 148 g/mol. The first kappa shape index (κ1) is 8.78. The molecule has 0 unspecified atom stereocenters. The molecule has 12 heavy (non-hydrogen) atoms. The zero-order chi connectivity index (χ0) is 9.14. The number of hydrogen-bond donors (Lipinski definition) is 1. The molecule has 0 spiro atoms. The van der Waals surface area contributed by atoms with E-state index >= 15 is 0 Å². The van der Waals surface area contributed by atoms with Gasteiger partial charge >= 0.3 is 0 Å². The molecule has 0 amide bonds. The van der Waals surface area contributed by atoms with Crippen molar-refractivity contribution < 1.29 is 0 Å². The Bertz CT molecular complexity index is 291. The molecule has 0 fully saturated rings. The van der Waals surface area contributed by atoms with Gasteiger partial charge in [-0.15, -0.1) is 0 Å². The molecule has 0 atom stereocenters. The normalized spacial score (nSPS) is 10.9. The predicted octanol–water partition coefficient (Wildman–Crippen LogP) is 2.23. The summed E-state index contributed by atoms with van der Waals surface area (Å²) in [6, 6.07) is 4.21. The van der Waals surface area contributed by atoms with Crippen LogP contribution in [0.2, 0.25) is 0 Å². The molecule has 0 saturated carbocycles. The van der Waals surface area contributed by atoms with Gasteiger partial charge in [-0.05, 0) is 31.9 Å². The summed E-state index contributed by atoms with van der Waals surface area (Å²) in [5.41, 5.74) is 9.85. The van der Waals surface area contributed by atoms with Crippen LogP contribution in [0.3, 0.4) is 0 Å². The molecule has 0 aliphatic carbocycles. The van der Waals surface area contributed by atoms with E-state index in [1.165, 1.54) is 23.0 Å². The maximum Gasteiger partial charge on any atom is 0.0860 e.